The maximum Gasteiger partial charge on any atom is 0.407 e. The first kappa shape index (κ1) is 50.1. The number of thiazole rings is 1. The molecule has 0 spiro atoms. The highest BCUT2D eigenvalue weighted by Gasteiger charge is 2.59. The normalized spacial score (nSPS) is 29.2. The molecular formula is C56H78N4O7S. The number of carbonyl (C=O) groups excluding carboxylic acids is 4. The molecule has 8 rings (SSSR count). The monoisotopic (exact) mass is 951 g/mol. The van der Waals surface area contributed by atoms with Crippen LogP contribution in [-0.4, -0.2) is 59.5 Å². The Hall–Kier alpha value is -4.32. The van der Waals surface area contributed by atoms with Gasteiger partial charge in [-0.15, -0.1) is 11.3 Å². The number of hydrogen-bond acceptors (Lipinski definition) is 10. The fourth-order valence-electron chi connectivity index (χ4n) is 13.8. The van der Waals surface area contributed by atoms with Crippen molar-refractivity contribution in [2.45, 2.75) is 175 Å². The summed E-state index contributed by atoms with van der Waals surface area (Å²) in [6.07, 6.45) is 22.5. The first-order valence-electron chi connectivity index (χ1n) is 26.3. The molecule has 11 nitrogen and oxygen atoms in total. The van der Waals surface area contributed by atoms with Crippen molar-refractivity contribution in [2.24, 2.45) is 52.3 Å². The molecule has 0 bridgehead atoms. The van der Waals surface area contributed by atoms with Crippen LogP contribution in [-0.2, 0) is 25.5 Å². The van der Waals surface area contributed by atoms with Gasteiger partial charge in [0.1, 0.15) is 35.2 Å². The molecule has 5 aliphatic rings. The number of benzene rings is 1. The summed E-state index contributed by atoms with van der Waals surface area (Å²) in [5.41, 5.74) is 3.35. The molecule has 1 aromatic carbocycles. The van der Waals surface area contributed by atoms with E-state index in [1.807, 2.05) is 18.2 Å². The molecule has 68 heavy (non-hydrogen) atoms. The van der Waals surface area contributed by atoms with Crippen LogP contribution in [0, 0.1) is 52.3 Å². The minimum atomic E-state index is -0.400. The van der Waals surface area contributed by atoms with Crippen LogP contribution in [0.1, 0.15) is 172 Å². The molecule has 370 valence electrons. The summed E-state index contributed by atoms with van der Waals surface area (Å²) in [6, 6.07) is 9.05. The lowest BCUT2D eigenvalue weighted by Crippen LogP contribution is -2.51. The number of fused-ring (bicyclic) bond motifs is 6. The molecule has 5 aliphatic carbocycles. The summed E-state index contributed by atoms with van der Waals surface area (Å²) in [5.74, 6) is 5.50. The Morgan fingerprint density at radius 3 is 2.51 bits per heavy atom. The molecule has 4 saturated carbocycles. The minimum absolute atomic E-state index is 0.00706. The van der Waals surface area contributed by atoms with Crippen molar-refractivity contribution >= 4 is 45.3 Å². The molecule has 0 saturated heterocycles. The lowest BCUT2D eigenvalue weighted by atomic mass is 9.47. The second-order valence-corrected chi connectivity index (χ2v) is 23.3. The summed E-state index contributed by atoms with van der Waals surface area (Å²) in [7, 11) is 1.56. The molecule has 2 aromatic heterocycles. The van der Waals surface area contributed by atoms with Gasteiger partial charge in [0.2, 0.25) is 0 Å². The zero-order valence-corrected chi connectivity index (χ0v) is 42.6. The summed E-state index contributed by atoms with van der Waals surface area (Å²) >= 11 is 1.60. The standard InChI is InChI=1S/C56H78N4O7S/c1-35(2)11-9-12-36(3)44-20-21-45-43-19-16-38-32-41(24-27-55(38,4)46(43)25-28-56(44,45)5)66-54(64)59-29-10-14-39(61)17-23-52(62)67-49-15-8-7-13-37(49)31-51-60-47-22-18-40(34-50(47)68-51)65-42-26-30-58-48(33-42)53(63)57-6/h16,18,22,26,30,33-37,41,43-46,49H,7-15,17,19-21,23-25,27-29,31-32H2,1-6H3,(H,57,63)(H,59,64)/t36-,37-,41+,43?,44-,45?,46?,49?,55+,56-/m1/s1. The number of Topliss-reactive ketones (excluding diaryl/α,β-unsaturated/α-hetero) is 1. The maximum atomic E-state index is 13.0. The second-order valence-electron chi connectivity index (χ2n) is 22.2. The fraction of sp³-hybridized carbons (Fsp3) is 0.679. The number of ether oxygens (including phenoxy) is 3. The van der Waals surface area contributed by atoms with Gasteiger partial charge in [-0.1, -0.05) is 72.0 Å². The number of carbonyl (C=O) groups is 4. The second kappa shape index (κ2) is 22.2. The molecule has 0 aliphatic heterocycles. The molecule has 2 amide bonds. The van der Waals surface area contributed by atoms with Crippen LogP contribution in [0.3, 0.4) is 0 Å². The summed E-state index contributed by atoms with van der Waals surface area (Å²) < 4.78 is 19.0. The molecule has 12 heteroatoms. The number of hydrogen-bond donors (Lipinski definition) is 2. The Morgan fingerprint density at radius 2 is 1.69 bits per heavy atom. The van der Waals surface area contributed by atoms with Gasteiger partial charge in [0.15, 0.2) is 0 Å². The lowest BCUT2D eigenvalue weighted by molar-refractivity contribution is -0.154. The Balaban J connectivity index is 0.728. The van der Waals surface area contributed by atoms with Crippen LogP contribution >= 0.6 is 11.3 Å². The number of alkyl carbamates (subject to hydrolysis) is 1. The van der Waals surface area contributed by atoms with E-state index in [1.165, 1.54) is 56.9 Å². The van der Waals surface area contributed by atoms with Crippen LogP contribution < -0.4 is 15.4 Å². The predicted octanol–water partition coefficient (Wildman–Crippen LogP) is 12.8. The van der Waals surface area contributed by atoms with Gasteiger partial charge in [0, 0.05) is 63.5 Å². The third kappa shape index (κ3) is 11.6. The fourth-order valence-corrected chi connectivity index (χ4v) is 14.9. The summed E-state index contributed by atoms with van der Waals surface area (Å²) in [5, 5.41) is 6.45. The zero-order valence-electron chi connectivity index (χ0n) is 41.7. The number of aromatic nitrogens is 2. The first-order chi connectivity index (χ1) is 32.7. The van der Waals surface area contributed by atoms with Crippen LogP contribution in [0.4, 0.5) is 4.79 Å². The van der Waals surface area contributed by atoms with Crippen molar-refractivity contribution < 1.29 is 33.4 Å². The molecule has 4 unspecified atom stereocenters. The highest BCUT2D eigenvalue weighted by Crippen LogP contribution is 2.67. The number of nitrogens with one attached hydrogen (secondary N) is 2. The van der Waals surface area contributed by atoms with Gasteiger partial charge in [-0.25, -0.2) is 9.78 Å². The zero-order chi connectivity index (χ0) is 48.0. The Morgan fingerprint density at radius 1 is 0.868 bits per heavy atom. The minimum Gasteiger partial charge on any atom is -0.462 e. The van der Waals surface area contributed by atoms with Crippen LogP contribution in [0.2, 0.25) is 0 Å². The quantitative estimate of drug-likeness (QED) is 0.0681. The van der Waals surface area contributed by atoms with Crippen molar-refractivity contribution in [3.05, 3.63) is 58.9 Å². The SMILES string of the molecule is CNC(=O)c1cc(Oc2ccc3nc(C[C@H]4CCCCC4OC(=O)CCC(=O)CCCNC(=O)O[C@H]4CC[C@@]5(C)C(=CCC6C5CC[C@@]5(C)C6CC[C@@H]5[C@H](C)CCCC(C)C)C4)sc3c2)ccn1. The topological polar surface area (TPSA) is 146 Å². The van der Waals surface area contributed by atoms with E-state index < -0.39 is 6.09 Å². The molecular weight excluding hydrogens is 873 g/mol. The van der Waals surface area contributed by atoms with Crippen LogP contribution in [0.5, 0.6) is 11.5 Å². The van der Waals surface area contributed by atoms with Gasteiger partial charge in [-0.3, -0.25) is 19.4 Å². The Bertz CT molecular complexity index is 2290. The largest absolute Gasteiger partial charge is 0.462 e. The third-order valence-corrected chi connectivity index (χ3v) is 18.5. The molecule has 10 atom stereocenters. The molecule has 3 aromatic rings. The predicted molar refractivity (Wildman–Crippen MR) is 268 cm³/mol. The van der Waals surface area contributed by atoms with Crippen molar-refractivity contribution in [1.29, 1.82) is 0 Å². The van der Waals surface area contributed by atoms with Gasteiger partial charge >= 0.3 is 12.1 Å². The number of nitrogens with zero attached hydrogens (tertiary/aromatic N) is 2. The molecule has 4 fully saturated rings. The van der Waals surface area contributed by atoms with Crippen molar-refractivity contribution in [2.75, 3.05) is 13.6 Å². The van der Waals surface area contributed by atoms with E-state index in [1.54, 1.807) is 36.7 Å². The van der Waals surface area contributed by atoms with Crippen LogP contribution in [0.25, 0.3) is 10.2 Å². The van der Waals surface area contributed by atoms with E-state index in [4.69, 9.17) is 19.2 Å². The number of rotatable bonds is 19. The van der Waals surface area contributed by atoms with Gasteiger partial charge in [-0.2, -0.15) is 0 Å². The van der Waals surface area contributed by atoms with Gasteiger partial charge in [-0.05, 0) is 135 Å². The third-order valence-electron chi connectivity index (χ3n) is 17.4. The van der Waals surface area contributed by atoms with E-state index >= 15 is 0 Å². The molecule has 0 radical (unpaired) electrons. The first-order valence-corrected chi connectivity index (χ1v) is 27.1. The number of ketones is 1. The van der Waals surface area contributed by atoms with E-state index in [-0.39, 0.29) is 59.7 Å². The van der Waals surface area contributed by atoms with E-state index in [0.717, 1.165) is 95.7 Å². The van der Waals surface area contributed by atoms with E-state index in [9.17, 15) is 19.2 Å². The van der Waals surface area contributed by atoms with Crippen LogP contribution in [0.15, 0.2) is 48.2 Å². The van der Waals surface area contributed by atoms with Crippen molar-refractivity contribution in [3.8, 4) is 11.5 Å². The number of pyridine rings is 1. The van der Waals surface area contributed by atoms with Gasteiger partial charge in [0.25, 0.3) is 5.91 Å². The lowest BCUT2D eigenvalue weighted by Gasteiger charge is -2.58. The summed E-state index contributed by atoms with van der Waals surface area (Å²) in [6.45, 7) is 12.8. The summed E-state index contributed by atoms with van der Waals surface area (Å²) in [4.78, 5) is 59.8. The Labute approximate surface area is 409 Å². The number of amides is 2. The molecule has 2 heterocycles. The van der Waals surface area contributed by atoms with Crippen molar-refractivity contribution in [3.63, 3.8) is 0 Å². The molecule has 2 N–H and O–H groups in total. The number of esters is 1. The highest BCUT2D eigenvalue weighted by molar-refractivity contribution is 7.18. The van der Waals surface area contributed by atoms with E-state index in [2.05, 4.69) is 56.3 Å². The Kier molecular flexibility index (Phi) is 16.3. The smallest absolute Gasteiger partial charge is 0.407 e. The highest BCUT2D eigenvalue weighted by atomic mass is 32.1. The van der Waals surface area contributed by atoms with Gasteiger partial charge < -0.3 is 24.8 Å². The van der Waals surface area contributed by atoms with Gasteiger partial charge in [0.05, 0.1) is 21.6 Å². The maximum absolute atomic E-state index is 13.0. The average Bonchev–Trinajstić information content (AvgIpc) is 3.90. The van der Waals surface area contributed by atoms with E-state index in [0.29, 0.717) is 42.7 Å². The van der Waals surface area contributed by atoms with Crippen molar-refractivity contribution in [1.82, 2.24) is 20.6 Å². The number of allylic oxidation sites excluding steroid dienone is 1. The average molecular weight is 951 g/mol.